The van der Waals surface area contributed by atoms with Gasteiger partial charge in [-0.05, 0) is 83.9 Å². The fourth-order valence-electron chi connectivity index (χ4n) is 3.83. The highest BCUT2D eigenvalue weighted by molar-refractivity contribution is 6.74. The molecule has 0 bridgehead atoms. The zero-order valence-electron chi connectivity index (χ0n) is 29.9. The lowest BCUT2D eigenvalue weighted by Gasteiger charge is -2.40. The SMILES string of the molecule is CC(C)(C)OC(=O)N(C(=O)OC(C)(C)C)c1ccn([C@H]2C[C@H](O[Si](C)(C)C(C)(C)C)[C@@H](CO[Si](C)(C)C(C)(C)C)O2)c(=O)n1. The Morgan fingerprint density at radius 1 is 0.886 bits per heavy atom. The van der Waals surface area contributed by atoms with Crippen molar-refractivity contribution in [2.45, 2.75) is 155 Å². The van der Waals surface area contributed by atoms with E-state index in [4.69, 9.17) is 23.1 Å². The summed E-state index contributed by atoms with van der Waals surface area (Å²) < 4.78 is 32.0. The van der Waals surface area contributed by atoms with E-state index in [0.717, 1.165) is 0 Å². The first-order valence-corrected chi connectivity index (χ1v) is 21.2. The van der Waals surface area contributed by atoms with E-state index >= 15 is 0 Å². The van der Waals surface area contributed by atoms with E-state index in [-0.39, 0.29) is 22.0 Å². The zero-order chi connectivity index (χ0) is 34.3. The Kier molecular flexibility index (Phi) is 11.2. The van der Waals surface area contributed by atoms with Gasteiger partial charge in [0.2, 0.25) is 0 Å². The van der Waals surface area contributed by atoms with Crippen LogP contribution in [0.25, 0.3) is 0 Å². The summed E-state index contributed by atoms with van der Waals surface area (Å²) in [4.78, 5) is 44.3. The average Bonchev–Trinajstić information content (AvgIpc) is 3.15. The third kappa shape index (κ3) is 9.97. The molecule has 44 heavy (non-hydrogen) atoms. The molecule has 2 amide bonds. The summed E-state index contributed by atoms with van der Waals surface area (Å²) in [6.45, 7) is 32.3. The molecule has 11 nitrogen and oxygen atoms in total. The molecule has 0 N–H and O–H groups in total. The van der Waals surface area contributed by atoms with E-state index in [1.165, 1.54) is 16.8 Å². The van der Waals surface area contributed by atoms with E-state index in [1.54, 1.807) is 41.5 Å². The maximum Gasteiger partial charge on any atom is 0.425 e. The van der Waals surface area contributed by atoms with Crippen LogP contribution in [0.15, 0.2) is 17.1 Å². The maximum atomic E-state index is 13.4. The number of anilines is 1. The van der Waals surface area contributed by atoms with Gasteiger partial charge >= 0.3 is 17.9 Å². The van der Waals surface area contributed by atoms with Gasteiger partial charge in [0.15, 0.2) is 22.5 Å². The number of amides is 2. The molecule has 0 aromatic carbocycles. The summed E-state index contributed by atoms with van der Waals surface area (Å²) in [6, 6.07) is 1.40. The first kappa shape index (κ1) is 38.1. The molecular weight excluding hydrogens is 599 g/mol. The predicted molar refractivity (Wildman–Crippen MR) is 177 cm³/mol. The van der Waals surface area contributed by atoms with E-state index in [1.807, 2.05) is 0 Å². The Bertz CT molecular complexity index is 1210. The number of carbonyl (C=O) groups excluding carboxylic acids is 2. The van der Waals surface area contributed by atoms with Crippen LogP contribution in [0.5, 0.6) is 0 Å². The molecule has 3 atom stereocenters. The molecule has 1 fully saturated rings. The summed E-state index contributed by atoms with van der Waals surface area (Å²) >= 11 is 0. The minimum absolute atomic E-state index is 0.0195. The summed E-state index contributed by atoms with van der Waals surface area (Å²) in [7, 11) is -4.28. The van der Waals surface area contributed by atoms with Gasteiger partial charge in [0.05, 0.1) is 12.7 Å². The first-order chi connectivity index (χ1) is 19.5. The quantitative estimate of drug-likeness (QED) is 0.273. The highest BCUT2D eigenvalue weighted by atomic mass is 28.4. The average molecular weight is 656 g/mol. The Morgan fingerprint density at radius 3 is 1.77 bits per heavy atom. The predicted octanol–water partition coefficient (Wildman–Crippen LogP) is 7.62. The summed E-state index contributed by atoms with van der Waals surface area (Å²) in [5.74, 6) is -0.209. The van der Waals surface area contributed by atoms with E-state index in [0.29, 0.717) is 17.9 Å². The molecule has 0 aliphatic carbocycles. The van der Waals surface area contributed by atoms with Crippen molar-refractivity contribution >= 4 is 34.6 Å². The molecule has 252 valence electrons. The molecule has 0 radical (unpaired) electrons. The van der Waals surface area contributed by atoms with Gasteiger partial charge in [0.1, 0.15) is 23.5 Å². The van der Waals surface area contributed by atoms with Crippen LogP contribution in [0.3, 0.4) is 0 Å². The van der Waals surface area contributed by atoms with Crippen molar-refractivity contribution in [3.8, 4) is 0 Å². The minimum Gasteiger partial charge on any atom is -0.443 e. The van der Waals surface area contributed by atoms with Crippen LogP contribution >= 0.6 is 0 Å². The fourth-order valence-corrected chi connectivity index (χ4v) is 6.20. The number of hydrogen-bond donors (Lipinski definition) is 0. The molecular formula is C31H57N3O8Si2. The fraction of sp³-hybridized carbons (Fsp3) is 0.806. The smallest absolute Gasteiger partial charge is 0.425 e. The molecule has 2 heterocycles. The number of hydrogen-bond acceptors (Lipinski definition) is 9. The first-order valence-electron chi connectivity index (χ1n) is 15.4. The van der Waals surface area contributed by atoms with Crippen LogP contribution in [-0.2, 0) is 23.1 Å². The topological polar surface area (TPSA) is 118 Å². The zero-order valence-corrected chi connectivity index (χ0v) is 31.9. The third-order valence-corrected chi connectivity index (χ3v) is 17.4. The van der Waals surface area contributed by atoms with Crippen molar-refractivity contribution in [2.75, 3.05) is 11.5 Å². The highest BCUT2D eigenvalue weighted by Crippen LogP contribution is 2.42. The second-order valence-electron chi connectivity index (χ2n) is 16.6. The van der Waals surface area contributed by atoms with Crippen LogP contribution in [0.2, 0.25) is 36.3 Å². The molecule has 1 aliphatic rings. The van der Waals surface area contributed by atoms with Crippen LogP contribution in [-0.4, -0.2) is 68.4 Å². The summed E-state index contributed by atoms with van der Waals surface area (Å²) in [6.07, 6.45) is -1.48. The van der Waals surface area contributed by atoms with Gasteiger partial charge in [-0.3, -0.25) is 4.57 Å². The molecule has 13 heteroatoms. The summed E-state index contributed by atoms with van der Waals surface area (Å²) in [5.41, 5.74) is -2.49. The lowest BCUT2D eigenvalue weighted by atomic mass is 10.2. The van der Waals surface area contributed by atoms with Crippen LogP contribution in [0.1, 0.15) is 95.7 Å². The highest BCUT2D eigenvalue weighted by Gasteiger charge is 2.47. The Hall–Kier alpha value is -2.07. The summed E-state index contributed by atoms with van der Waals surface area (Å²) in [5, 5.41) is -0.00557. The van der Waals surface area contributed by atoms with Crippen molar-refractivity contribution in [3.63, 3.8) is 0 Å². The van der Waals surface area contributed by atoms with Crippen molar-refractivity contribution in [2.24, 2.45) is 0 Å². The van der Waals surface area contributed by atoms with Crippen molar-refractivity contribution in [3.05, 3.63) is 22.7 Å². The maximum absolute atomic E-state index is 13.4. The van der Waals surface area contributed by atoms with Crippen LogP contribution in [0, 0.1) is 0 Å². The standard InChI is InChI=1S/C31H57N3O8Si2/c1-28(2,3)40-26(36)34(27(37)41-29(4,5)6)23-17-18-33(25(35)32-23)24-19-21(42-44(15,16)31(10,11)12)22(39-24)20-38-43(13,14)30(7,8)9/h17-18,21-22,24H,19-20H2,1-16H3/t21-,22+,24+/m0/s1. The second kappa shape index (κ2) is 13.0. The lowest BCUT2D eigenvalue weighted by Crippen LogP contribution is -2.48. The molecule has 1 saturated heterocycles. The van der Waals surface area contributed by atoms with Gasteiger partial charge in [-0.25, -0.2) is 14.4 Å². The molecule has 0 saturated carbocycles. The van der Waals surface area contributed by atoms with Crippen LogP contribution < -0.4 is 10.6 Å². The van der Waals surface area contributed by atoms with Gasteiger partial charge in [0, 0.05) is 12.6 Å². The number of carbonyl (C=O) groups is 2. The third-order valence-electron chi connectivity index (χ3n) is 8.35. The number of nitrogens with zero attached hydrogens (tertiary/aromatic N) is 3. The number of imide groups is 1. The van der Waals surface area contributed by atoms with Crippen molar-refractivity contribution in [1.82, 2.24) is 9.55 Å². The monoisotopic (exact) mass is 655 g/mol. The molecule has 1 aromatic rings. The second-order valence-corrected chi connectivity index (χ2v) is 26.2. The molecule has 1 aliphatic heterocycles. The number of rotatable bonds is 7. The van der Waals surface area contributed by atoms with Crippen LogP contribution in [0.4, 0.5) is 15.4 Å². The number of aromatic nitrogens is 2. The van der Waals surface area contributed by atoms with Crippen molar-refractivity contribution in [1.29, 1.82) is 0 Å². The van der Waals surface area contributed by atoms with Gasteiger partial charge in [-0.1, -0.05) is 41.5 Å². The van der Waals surface area contributed by atoms with E-state index in [9.17, 15) is 14.4 Å². The van der Waals surface area contributed by atoms with E-state index in [2.05, 4.69) is 72.7 Å². The Labute approximate surface area is 266 Å². The lowest BCUT2D eigenvalue weighted by molar-refractivity contribution is -0.0411. The van der Waals surface area contributed by atoms with Gasteiger partial charge < -0.3 is 23.1 Å². The van der Waals surface area contributed by atoms with Gasteiger partial charge in [0.25, 0.3) is 0 Å². The van der Waals surface area contributed by atoms with Gasteiger partial charge in [-0.2, -0.15) is 9.88 Å². The molecule has 0 spiro atoms. The Balaban J connectivity index is 2.45. The largest absolute Gasteiger partial charge is 0.443 e. The van der Waals surface area contributed by atoms with Crippen molar-refractivity contribution < 1.29 is 32.7 Å². The van der Waals surface area contributed by atoms with Gasteiger partial charge in [-0.15, -0.1) is 0 Å². The molecule has 2 rings (SSSR count). The number of ether oxygens (including phenoxy) is 3. The Morgan fingerprint density at radius 2 is 1.36 bits per heavy atom. The van der Waals surface area contributed by atoms with E-state index < -0.39 is 58.0 Å². The molecule has 1 aromatic heterocycles. The normalized spacial score (nSPS) is 20.4. The minimum atomic E-state index is -2.19. The molecule has 0 unspecified atom stereocenters.